The maximum atomic E-state index is 3.88. The van der Waals surface area contributed by atoms with E-state index in [1.54, 1.807) is 6.20 Å². The molecule has 1 saturated heterocycles. The molecule has 2 unspecified atom stereocenters. The Morgan fingerprint density at radius 3 is 2.11 bits per heavy atom. The van der Waals surface area contributed by atoms with Gasteiger partial charge in [-0.2, -0.15) is 0 Å². The van der Waals surface area contributed by atoms with Crippen molar-refractivity contribution in [3.05, 3.63) is 66.0 Å². The summed E-state index contributed by atoms with van der Waals surface area (Å²) in [7, 11) is 0. The zero-order chi connectivity index (χ0) is 21.2. The Hall–Kier alpha value is -1.67. The van der Waals surface area contributed by atoms with Gasteiger partial charge in [0.25, 0.3) is 0 Å². The van der Waals surface area contributed by atoms with Gasteiger partial charge in [0.15, 0.2) is 0 Å². The first kappa shape index (κ1) is 26.3. The van der Waals surface area contributed by atoms with Crippen molar-refractivity contribution >= 4 is 0 Å². The summed E-state index contributed by atoms with van der Waals surface area (Å²) < 4.78 is 0. The fourth-order valence-electron chi connectivity index (χ4n) is 3.24. The molecule has 1 aliphatic rings. The van der Waals surface area contributed by atoms with Gasteiger partial charge in [-0.05, 0) is 68.8 Å². The van der Waals surface area contributed by atoms with E-state index < -0.39 is 0 Å². The molecule has 28 heavy (non-hydrogen) atoms. The fourth-order valence-corrected chi connectivity index (χ4v) is 3.24. The molecule has 0 saturated carbocycles. The van der Waals surface area contributed by atoms with E-state index in [1.165, 1.54) is 49.9 Å². The summed E-state index contributed by atoms with van der Waals surface area (Å²) in [4.78, 5) is 6.47. The Morgan fingerprint density at radius 1 is 1.04 bits per heavy atom. The van der Waals surface area contributed by atoms with Crippen LogP contribution in [0.3, 0.4) is 0 Å². The molecule has 0 spiro atoms. The number of hydrogen-bond donors (Lipinski definition) is 0. The minimum Gasteiger partial charge on any atom is -0.301 e. The minimum absolute atomic E-state index is 0.709. The van der Waals surface area contributed by atoms with Crippen molar-refractivity contribution in [2.45, 2.75) is 86.1 Å². The average Bonchev–Trinajstić information content (AvgIpc) is 3.24. The summed E-state index contributed by atoms with van der Waals surface area (Å²) in [5, 5.41) is 0. The molecule has 0 radical (unpaired) electrons. The topological polar surface area (TPSA) is 16.1 Å². The van der Waals surface area contributed by atoms with Crippen LogP contribution in [0.5, 0.6) is 0 Å². The van der Waals surface area contributed by atoms with E-state index in [9.17, 15) is 0 Å². The average molecular weight is 385 g/mol. The van der Waals surface area contributed by atoms with Gasteiger partial charge in [-0.25, -0.2) is 0 Å². The predicted molar refractivity (Wildman–Crippen MR) is 126 cm³/mol. The molecule has 1 fully saturated rings. The monoisotopic (exact) mass is 384 g/mol. The largest absolute Gasteiger partial charge is 0.301 e. The van der Waals surface area contributed by atoms with E-state index in [4.69, 9.17) is 0 Å². The van der Waals surface area contributed by atoms with Crippen LogP contribution in [0.2, 0.25) is 0 Å². The van der Waals surface area contributed by atoms with Crippen molar-refractivity contribution in [3.63, 3.8) is 0 Å². The van der Waals surface area contributed by atoms with E-state index in [0.717, 1.165) is 6.04 Å². The highest BCUT2D eigenvalue weighted by Crippen LogP contribution is 2.18. The lowest BCUT2D eigenvalue weighted by molar-refractivity contribution is 0.262. The number of likely N-dealkylation sites (tertiary alicyclic amines) is 1. The number of rotatable bonds is 4. The second kappa shape index (κ2) is 17.4. The molecular formula is C26H44N2. The molecule has 0 aliphatic carbocycles. The Labute approximate surface area is 175 Å². The van der Waals surface area contributed by atoms with Gasteiger partial charge in [0, 0.05) is 18.4 Å². The van der Waals surface area contributed by atoms with Crippen molar-refractivity contribution in [3.8, 4) is 0 Å². The van der Waals surface area contributed by atoms with E-state index >= 15 is 0 Å². The quantitative estimate of drug-likeness (QED) is 0.542. The van der Waals surface area contributed by atoms with E-state index in [1.807, 2.05) is 39.1 Å². The molecule has 1 aromatic heterocycles. The number of hydrogen-bond acceptors (Lipinski definition) is 2. The van der Waals surface area contributed by atoms with Crippen molar-refractivity contribution in [1.82, 2.24) is 9.88 Å². The lowest BCUT2D eigenvalue weighted by Crippen LogP contribution is -2.28. The molecule has 1 aliphatic heterocycles. The summed E-state index contributed by atoms with van der Waals surface area (Å²) in [5.41, 5.74) is 2.66. The maximum Gasteiger partial charge on any atom is 0.0297 e. The second-order valence-corrected chi connectivity index (χ2v) is 7.08. The van der Waals surface area contributed by atoms with Crippen molar-refractivity contribution in [1.29, 1.82) is 0 Å². The van der Waals surface area contributed by atoms with Crippen LogP contribution in [0.15, 0.2) is 54.9 Å². The lowest BCUT2D eigenvalue weighted by Gasteiger charge is -2.20. The van der Waals surface area contributed by atoms with Gasteiger partial charge in [0.2, 0.25) is 0 Å². The van der Waals surface area contributed by atoms with Gasteiger partial charge in [-0.15, -0.1) is 0 Å². The van der Waals surface area contributed by atoms with Gasteiger partial charge in [-0.1, -0.05) is 77.9 Å². The third kappa shape index (κ3) is 11.2. The van der Waals surface area contributed by atoms with Crippen LogP contribution in [0, 0.1) is 6.92 Å². The van der Waals surface area contributed by atoms with E-state index in [2.05, 4.69) is 67.9 Å². The lowest BCUT2D eigenvalue weighted by atomic mass is 9.99. The molecule has 0 bridgehead atoms. The van der Waals surface area contributed by atoms with Crippen LogP contribution in [-0.2, 0) is 0 Å². The summed E-state index contributed by atoms with van der Waals surface area (Å²) in [6, 6.07) is 15.5. The van der Waals surface area contributed by atoms with Crippen LogP contribution in [0.4, 0.5) is 0 Å². The number of benzene rings is 1. The van der Waals surface area contributed by atoms with Gasteiger partial charge < -0.3 is 4.90 Å². The molecule has 0 amide bonds. The summed E-state index contributed by atoms with van der Waals surface area (Å²) in [6.45, 7) is 17.6. The first-order chi connectivity index (χ1) is 13.6. The minimum atomic E-state index is 0.709. The molecule has 2 nitrogen and oxygen atoms in total. The van der Waals surface area contributed by atoms with Crippen LogP contribution in [-0.4, -0.2) is 29.0 Å². The zero-order valence-corrected chi connectivity index (χ0v) is 19.5. The number of nitrogens with zero attached hydrogens (tertiary/aromatic N) is 2. The van der Waals surface area contributed by atoms with E-state index in [-0.39, 0.29) is 0 Å². The predicted octanol–water partition coefficient (Wildman–Crippen LogP) is 7.50. The first-order valence-electron chi connectivity index (χ1n) is 11.3. The molecule has 2 atom stereocenters. The number of pyridine rings is 1. The standard InChI is InChI=1S/C10H14.C8H17N.C6H7N.C2H6/c1-3-9(2)10-7-5-4-6-8-10;1-3-8-6-5-7-9(8)4-2;1-6-3-2-4-7-5-6;1-2/h4-9H,3H2,1-2H3;8H,3-7H2,1-2H3;2-5H,1H3;1-2H3. The van der Waals surface area contributed by atoms with Gasteiger partial charge >= 0.3 is 0 Å². The molecular weight excluding hydrogens is 340 g/mol. The van der Waals surface area contributed by atoms with Crippen LogP contribution < -0.4 is 0 Å². The fraction of sp³-hybridized carbons (Fsp3) is 0.577. The SMILES string of the molecule is CC.CCC(C)c1ccccc1.CCC1CCCN1CC.Cc1cccnc1. The first-order valence-corrected chi connectivity index (χ1v) is 11.3. The summed E-state index contributed by atoms with van der Waals surface area (Å²) in [5.74, 6) is 0.709. The highest BCUT2D eigenvalue weighted by atomic mass is 15.2. The Bertz CT molecular complexity index is 543. The molecule has 158 valence electrons. The van der Waals surface area contributed by atoms with Crippen molar-refractivity contribution in [2.24, 2.45) is 0 Å². The number of aromatic nitrogens is 1. The normalized spacial score (nSPS) is 16.5. The van der Waals surface area contributed by atoms with Gasteiger partial charge in [0.1, 0.15) is 0 Å². The van der Waals surface area contributed by atoms with Crippen molar-refractivity contribution < 1.29 is 0 Å². The number of aryl methyl sites for hydroxylation is 1. The molecule has 2 aromatic rings. The summed E-state index contributed by atoms with van der Waals surface area (Å²) in [6.07, 6.45) is 9.03. The van der Waals surface area contributed by atoms with Crippen LogP contribution in [0.25, 0.3) is 0 Å². The second-order valence-electron chi connectivity index (χ2n) is 7.08. The molecule has 3 rings (SSSR count). The van der Waals surface area contributed by atoms with Gasteiger partial charge in [0.05, 0.1) is 0 Å². The zero-order valence-electron chi connectivity index (χ0n) is 19.5. The third-order valence-corrected chi connectivity index (χ3v) is 5.17. The Balaban J connectivity index is 0.000000378. The van der Waals surface area contributed by atoms with E-state index in [0.29, 0.717) is 5.92 Å². The maximum absolute atomic E-state index is 3.88. The molecule has 0 N–H and O–H groups in total. The highest BCUT2D eigenvalue weighted by molar-refractivity contribution is 5.18. The smallest absolute Gasteiger partial charge is 0.0297 e. The third-order valence-electron chi connectivity index (χ3n) is 5.17. The Morgan fingerprint density at radius 2 is 1.71 bits per heavy atom. The molecule has 1 aromatic carbocycles. The summed E-state index contributed by atoms with van der Waals surface area (Å²) >= 11 is 0. The Kier molecular flexibility index (Phi) is 16.4. The van der Waals surface area contributed by atoms with Crippen LogP contribution >= 0.6 is 0 Å². The van der Waals surface area contributed by atoms with Crippen molar-refractivity contribution in [2.75, 3.05) is 13.1 Å². The molecule has 2 heteroatoms. The van der Waals surface area contributed by atoms with Gasteiger partial charge in [-0.3, -0.25) is 4.98 Å². The highest BCUT2D eigenvalue weighted by Gasteiger charge is 2.20. The molecule has 2 heterocycles. The van der Waals surface area contributed by atoms with Crippen LogP contribution in [0.1, 0.15) is 84.3 Å².